The van der Waals surface area contributed by atoms with Gasteiger partial charge in [-0.2, -0.15) is 0 Å². The largest absolute Gasteiger partial charge is 0.310 e. The number of aromatic nitrogens is 3. The molecule has 0 aliphatic carbocycles. The minimum atomic E-state index is 0.678. The van der Waals surface area contributed by atoms with Gasteiger partial charge < -0.3 is 4.90 Å². The first-order valence-corrected chi connectivity index (χ1v) is 18.5. The minimum Gasteiger partial charge on any atom is -0.310 e. The van der Waals surface area contributed by atoms with Gasteiger partial charge in [0.25, 0.3) is 0 Å². The summed E-state index contributed by atoms with van der Waals surface area (Å²) in [5.41, 5.74) is 10.8. The smallest absolute Gasteiger partial charge is 0.160 e. The average molecular weight is 703 g/mol. The summed E-state index contributed by atoms with van der Waals surface area (Å²) in [4.78, 5) is 18.4. The summed E-state index contributed by atoms with van der Waals surface area (Å²) in [6.45, 7) is 0. The van der Waals surface area contributed by atoms with Crippen molar-refractivity contribution in [2.45, 2.75) is 0 Å². The van der Waals surface area contributed by atoms with Gasteiger partial charge in [-0.05, 0) is 53.2 Å². The zero-order valence-electron chi connectivity index (χ0n) is 29.9. The van der Waals surface area contributed by atoms with Crippen molar-refractivity contribution in [3.05, 3.63) is 206 Å². The van der Waals surface area contributed by atoms with Crippen molar-refractivity contribution in [1.29, 1.82) is 0 Å². The Morgan fingerprint density at radius 3 is 1.56 bits per heavy atom. The van der Waals surface area contributed by atoms with Crippen molar-refractivity contribution in [2.24, 2.45) is 0 Å². The molecule has 0 saturated carbocycles. The van der Waals surface area contributed by atoms with Crippen LogP contribution in [0.1, 0.15) is 0 Å². The molecule has 0 aliphatic heterocycles. The molecule has 258 valence electrons. The number of pyridine rings is 1. The lowest BCUT2D eigenvalue weighted by atomic mass is 9.90. The number of para-hydroxylation sites is 2. The van der Waals surface area contributed by atoms with Gasteiger partial charge in [0.2, 0.25) is 0 Å². The minimum absolute atomic E-state index is 0.678. The first kappa shape index (κ1) is 32.2. The summed E-state index contributed by atoms with van der Waals surface area (Å²) < 4.78 is 0. The molecule has 0 atom stereocenters. The van der Waals surface area contributed by atoms with Crippen LogP contribution in [0.2, 0.25) is 0 Å². The molecule has 0 saturated heterocycles. The summed E-state index contributed by atoms with van der Waals surface area (Å²) in [5.74, 6) is 0.678. The fourth-order valence-corrected chi connectivity index (χ4v) is 7.74. The molecule has 2 heterocycles. The van der Waals surface area contributed by atoms with Crippen LogP contribution in [0.3, 0.4) is 0 Å². The first-order chi connectivity index (χ1) is 27.3. The molecule has 0 unspecified atom stereocenters. The Bertz CT molecular complexity index is 2850. The van der Waals surface area contributed by atoms with E-state index in [1.54, 1.807) is 0 Å². The highest BCUT2D eigenvalue weighted by Gasteiger charge is 2.24. The zero-order valence-corrected chi connectivity index (χ0v) is 29.9. The Kier molecular flexibility index (Phi) is 8.12. The normalized spacial score (nSPS) is 11.3. The summed E-state index contributed by atoms with van der Waals surface area (Å²) in [6.07, 6.45) is 0. The van der Waals surface area contributed by atoms with Gasteiger partial charge in [-0.1, -0.05) is 164 Å². The van der Waals surface area contributed by atoms with E-state index in [0.29, 0.717) is 5.82 Å². The molecule has 0 bridgehead atoms. The standard InChI is InChI=1S/C51H34N4/c1-6-19-35(20-7-1)44-34-45(54-51(53-44)37-23-10-3-11-24-37)42-31-18-32-43-47(42)48-41-30-17-16-25-38(41)33-46(49(48)50(52-43)36-21-8-2-9-22-36)55(39-26-12-4-13-27-39)40-28-14-5-15-29-40/h1-34H. The van der Waals surface area contributed by atoms with Gasteiger partial charge in [0.1, 0.15) is 0 Å². The van der Waals surface area contributed by atoms with Crippen LogP contribution in [0.15, 0.2) is 206 Å². The van der Waals surface area contributed by atoms with E-state index in [4.69, 9.17) is 15.0 Å². The van der Waals surface area contributed by atoms with Gasteiger partial charge in [-0.3, -0.25) is 0 Å². The van der Waals surface area contributed by atoms with Crippen LogP contribution in [-0.4, -0.2) is 15.0 Å². The van der Waals surface area contributed by atoms with Crippen LogP contribution < -0.4 is 4.90 Å². The maximum Gasteiger partial charge on any atom is 0.160 e. The van der Waals surface area contributed by atoms with Crippen molar-refractivity contribution in [3.63, 3.8) is 0 Å². The van der Waals surface area contributed by atoms with E-state index >= 15 is 0 Å². The van der Waals surface area contributed by atoms with Gasteiger partial charge in [-0.15, -0.1) is 0 Å². The topological polar surface area (TPSA) is 41.9 Å². The van der Waals surface area contributed by atoms with Crippen molar-refractivity contribution in [2.75, 3.05) is 4.90 Å². The van der Waals surface area contributed by atoms with Gasteiger partial charge in [0.15, 0.2) is 5.82 Å². The quantitative estimate of drug-likeness (QED) is 0.155. The lowest BCUT2D eigenvalue weighted by Crippen LogP contribution is -2.11. The van der Waals surface area contributed by atoms with E-state index in [9.17, 15) is 0 Å². The lowest BCUT2D eigenvalue weighted by molar-refractivity contribution is 1.18. The molecular weight excluding hydrogens is 669 g/mol. The van der Waals surface area contributed by atoms with Crippen LogP contribution in [-0.2, 0) is 0 Å². The summed E-state index contributed by atoms with van der Waals surface area (Å²) in [7, 11) is 0. The maximum atomic E-state index is 5.59. The van der Waals surface area contributed by atoms with Gasteiger partial charge in [-0.25, -0.2) is 15.0 Å². The number of hydrogen-bond acceptors (Lipinski definition) is 4. The summed E-state index contributed by atoms with van der Waals surface area (Å²) >= 11 is 0. The molecule has 4 nitrogen and oxygen atoms in total. The van der Waals surface area contributed by atoms with Crippen molar-refractivity contribution in [1.82, 2.24) is 15.0 Å². The second-order valence-corrected chi connectivity index (χ2v) is 13.6. The summed E-state index contributed by atoms with van der Waals surface area (Å²) in [6, 6.07) is 72.0. The van der Waals surface area contributed by atoms with E-state index in [2.05, 4.69) is 187 Å². The van der Waals surface area contributed by atoms with Crippen LogP contribution in [0.5, 0.6) is 0 Å². The highest BCUT2D eigenvalue weighted by Crippen LogP contribution is 2.48. The first-order valence-electron chi connectivity index (χ1n) is 18.5. The monoisotopic (exact) mass is 702 g/mol. The van der Waals surface area contributed by atoms with E-state index in [0.717, 1.165) is 88.8 Å². The second kappa shape index (κ2) is 13.8. The number of nitrogens with zero attached hydrogens (tertiary/aromatic N) is 4. The third-order valence-electron chi connectivity index (χ3n) is 10.2. The van der Waals surface area contributed by atoms with Gasteiger partial charge in [0.05, 0.1) is 28.3 Å². The molecule has 0 amide bonds. The molecule has 0 aliphatic rings. The van der Waals surface area contributed by atoms with Crippen LogP contribution in [0, 0.1) is 0 Å². The van der Waals surface area contributed by atoms with Crippen molar-refractivity contribution >= 4 is 49.5 Å². The molecule has 10 aromatic rings. The fraction of sp³-hybridized carbons (Fsp3) is 0. The predicted molar refractivity (Wildman–Crippen MR) is 229 cm³/mol. The Morgan fingerprint density at radius 1 is 0.364 bits per heavy atom. The number of anilines is 3. The Labute approximate surface area is 319 Å². The Hall–Kier alpha value is -7.43. The highest BCUT2D eigenvalue weighted by molar-refractivity contribution is 6.29. The number of hydrogen-bond donors (Lipinski definition) is 0. The van der Waals surface area contributed by atoms with Gasteiger partial charge in [0, 0.05) is 49.8 Å². The van der Waals surface area contributed by atoms with Crippen LogP contribution in [0.4, 0.5) is 17.1 Å². The zero-order chi connectivity index (χ0) is 36.6. The SMILES string of the molecule is c1ccc(-c2cc(-c3cccc4nc(-c5ccccc5)c5c(N(c6ccccc6)c6ccccc6)cc6ccccc6c5c34)nc(-c3ccccc3)n2)cc1. The van der Waals surface area contributed by atoms with E-state index < -0.39 is 0 Å². The molecule has 0 fully saturated rings. The second-order valence-electron chi connectivity index (χ2n) is 13.6. The van der Waals surface area contributed by atoms with Gasteiger partial charge >= 0.3 is 0 Å². The average Bonchev–Trinajstić information content (AvgIpc) is 3.27. The van der Waals surface area contributed by atoms with E-state index in [1.807, 2.05) is 24.3 Å². The molecule has 0 N–H and O–H groups in total. The van der Waals surface area contributed by atoms with E-state index in [1.165, 1.54) is 0 Å². The van der Waals surface area contributed by atoms with Crippen LogP contribution in [0.25, 0.3) is 77.6 Å². The molecule has 0 radical (unpaired) electrons. The predicted octanol–water partition coefficient (Wildman–Crippen LogP) is 13.5. The molecular formula is C51H34N4. The van der Waals surface area contributed by atoms with Crippen LogP contribution >= 0.6 is 0 Å². The molecule has 0 spiro atoms. The molecule has 10 rings (SSSR count). The maximum absolute atomic E-state index is 5.59. The number of rotatable bonds is 7. The third kappa shape index (κ3) is 5.87. The number of fused-ring (bicyclic) bond motifs is 5. The number of benzene rings is 8. The molecule has 4 heteroatoms. The van der Waals surface area contributed by atoms with E-state index in [-0.39, 0.29) is 0 Å². The summed E-state index contributed by atoms with van der Waals surface area (Å²) in [5, 5.41) is 5.54. The fourth-order valence-electron chi connectivity index (χ4n) is 7.74. The lowest BCUT2D eigenvalue weighted by Gasteiger charge is -2.29. The molecule has 8 aromatic carbocycles. The Balaban J connectivity index is 1.38. The molecule has 2 aromatic heterocycles. The molecule has 55 heavy (non-hydrogen) atoms. The highest BCUT2D eigenvalue weighted by atomic mass is 15.1. The Morgan fingerprint density at radius 2 is 0.909 bits per heavy atom. The van der Waals surface area contributed by atoms with Crippen molar-refractivity contribution < 1.29 is 0 Å². The third-order valence-corrected chi connectivity index (χ3v) is 10.2. The van der Waals surface area contributed by atoms with Crippen molar-refractivity contribution in [3.8, 4) is 45.2 Å².